The molecule has 0 aromatic heterocycles. The fourth-order valence-corrected chi connectivity index (χ4v) is 4.49. The highest BCUT2D eigenvalue weighted by Gasteiger charge is 2.20. The van der Waals surface area contributed by atoms with E-state index in [9.17, 15) is 13.2 Å². The Morgan fingerprint density at radius 3 is 2.21 bits per heavy atom. The molecule has 0 radical (unpaired) electrons. The van der Waals surface area contributed by atoms with E-state index in [2.05, 4.69) is 5.32 Å². The van der Waals surface area contributed by atoms with Crippen LogP contribution in [-0.4, -0.2) is 27.7 Å². The largest absolute Gasteiger partial charge is 0.497 e. The van der Waals surface area contributed by atoms with Crippen LogP contribution in [0.3, 0.4) is 0 Å². The van der Waals surface area contributed by atoms with E-state index in [-0.39, 0.29) is 18.5 Å². The standard InChI is InChI=1S/C26H30N2O4S/c1-18-6-7-19(2)25(16-18)28(33(5,30)31)17-21-8-10-23(11-9-21)26(29)27-20(3)22-12-14-24(32-4)15-13-22/h6-16,20H,17H2,1-5H3,(H,27,29). The number of sulfonamides is 1. The SMILES string of the molecule is COc1ccc(C(C)NC(=O)c2ccc(CN(c3cc(C)ccc3C)S(C)(=O)=O)cc2)cc1. The summed E-state index contributed by atoms with van der Waals surface area (Å²) >= 11 is 0. The predicted octanol–water partition coefficient (Wildman–Crippen LogP) is 4.77. The van der Waals surface area contributed by atoms with Gasteiger partial charge in [0.2, 0.25) is 10.0 Å². The van der Waals surface area contributed by atoms with Crippen LogP contribution in [0.2, 0.25) is 0 Å². The molecule has 3 aromatic rings. The van der Waals surface area contributed by atoms with Crippen molar-refractivity contribution in [2.24, 2.45) is 0 Å². The van der Waals surface area contributed by atoms with E-state index in [1.807, 2.05) is 63.2 Å². The van der Waals surface area contributed by atoms with Gasteiger partial charge in [0.1, 0.15) is 5.75 Å². The molecule has 3 rings (SSSR count). The Hall–Kier alpha value is -3.32. The molecule has 0 aliphatic rings. The summed E-state index contributed by atoms with van der Waals surface area (Å²) in [5.74, 6) is 0.566. The second-order valence-corrected chi connectivity index (χ2v) is 10.1. The minimum absolute atomic E-state index is 0.173. The predicted molar refractivity (Wildman–Crippen MR) is 132 cm³/mol. The Labute approximate surface area is 196 Å². The van der Waals surface area contributed by atoms with E-state index in [1.54, 1.807) is 31.4 Å². The van der Waals surface area contributed by atoms with Crippen LogP contribution in [-0.2, 0) is 16.6 Å². The maximum Gasteiger partial charge on any atom is 0.251 e. The van der Waals surface area contributed by atoms with Gasteiger partial charge >= 0.3 is 0 Å². The van der Waals surface area contributed by atoms with E-state index >= 15 is 0 Å². The summed E-state index contributed by atoms with van der Waals surface area (Å²) in [5, 5.41) is 2.99. The summed E-state index contributed by atoms with van der Waals surface area (Å²) < 4.78 is 31.6. The maximum atomic E-state index is 12.7. The minimum Gasteiger partial charge on any atom is -0.497 e. The number of benzene rings is 3. The number of amides is 1. The van der Waals surface area contributed by atoms with Gasteiger partial charge in [0.05, 0.1) is 31.6 Å². The molecule has 1 atom stereocenters. The van der Waals surface area contributed by atoms with Gasteiger partial charge in [-0.25, -0.2) is 8.42 Å². The zero-order valence-corrected chi connectivity index (χ0v) is 20.4. The lowest BCUT2D eigenvalue weighted by Gasteiger charge is -2.25. The highest BCUT2D eigenvalue weighted by molar-refractivity contribution is 7.92. The van der Waals surface area contributed by atoms with Gasteiger partial charge in [-0.1, -0.05) is 36.4 Å². The number of nitrogens with one attached hydrogen (secondary N) is 1. The molecule has 1 N–H and O–H groups in total. The fourth-order valence-electron chi connectivity index (χ4n) is 3.55. The number of rotatable bonds is 8. The van der Waals surface area contributed by atoms with Crippen LogP contribution in [0, 0.1) is 13.8 Å². The van der Waals surface area contributed by atoms with Crippen molar-refractivity contribution in [2.45, 2.75) is 33.4 Å². The van der Waals surface area contributed by atoms with Crippen molar-refractivity contribution in [1.82, 2.24) is 5.32 Å². The van der Waals surface area contributed by atoms with E-state index in [0.29, 0.717) is 11.3 Å². The van der Waals surface area contributed by atoms with Crippen molar-refractivity contribution in [1.29, 1.82) is 0 Å². The molecule has 33 heavy (non-hydrogen) atoms. The van der Waals surface area contributed by atoms with Gasteiger partial charge in [-0.15, -0.1) is 0 Å². The molecule has 6 nitrogen and oxygen atoms in total. The zero-order chi connectivity index (χ0) is 24.2. The number of hydrogen-bond donors (Lipinski definition) is 1. The molecule has 0 saturated heterocycles. The lowest BCUT2D eigenvalue weighted by molar-refractivity contribution is 0.0940. The van der Waals surface area contributed by atoms with Crippen LogP contribution in [0.5, 0.6) is 5.75 Å². The minimum atomic E-state index is -3.49. The van der Waals surface area contributed by atoms with Crippen molar-refractivity contribution in [3.8, 4) is 5.75 Å². The smallest absolute Gasteiger partial charge is 0.251 e. The van der Waals surface area contributed by atoms with Crippen molar-refractivity contribution in [2.75, 3.05) is 17.7 Å². The average molecular weight is 467 g/mol. The Bertz CT molecular complexity index is 1220. The summed E-state index contributed by atoms with van der Waals surface area (Å²) in [6.45, 7) is 5.93. The Morgan fingerprint density at radius 2 is 1.64 bits per heavy atom. The third-order valence-corrected chi connectivity index (χ3v) is 6.67. The first-order valence-electron chi connectivity index (χ1n) is 10.7. The van der Waals surface area contributed by atoms with Gasteiger partial charge in [-0.3, -0.25) is 9.10 Å². The molecule has 7 heteroatoms. The van der Waals surface area contributed by atoms with Crippen molar-refractivity contribution < 1.29 is 17.9 Å². The number of carbonyl (C=O) groups is 1. The normalized spacial score (nSPS) is 12.2. The Morgan fingerprint density at radius 1 is 1.00 bits per heavy atom. The topological polar surface area (TPSA) is 75.7 Å². The number of nitrogens with zero attached hydrogens (tertiary/aromatic N) is 1. The third kappa shape index (κ3) is 6.14. The summed E-state index contributed by atoms with van der Waals surface area (Å²) in [6.07, 6.45) is 1.21. The van der Waals surface area contributed by atoms with Crippen LogP contribution in [0.15, 0.2) is 66.7 Å². The summed E-state index contributed by atoms with van der Waals surface area (Å²) in [5.41, 5.74) is 4.81. The van der Waals surface area contributed by atoms with Crippen molar-refractivity contribution >= 4 is 21.6 Å². The lowest BCUT2D eigenvalue weighted by atomic mass is 10.1. The molecule has 174 valence electrons. The van der Waals surface area contributed by atoms with Gasteiger partial charge in [0.25, 0.3) is 5.91 Å². The number of aryl methyl sites for hydroxylation is 2. The quantitative estimate of drug-likeness (QED) is 0.519. The van der Waals surface area contributed by atoms with Gasteiger partial charge in [0.15, 0.2) is 0 Å². The highest BCUT2D eigenvalue weighted by Crippen LogP contribution is 2.26. The molecule has 0 spiro atoms. The molecular formula is C26H30N2O4S. The highest BCUT2D eigenvalue weighted by atomic mass is 32.2. The second-order valence-electron chi connectivity index (χ2n) is 8.22. The number of methoxy groups -OCH3 is 1. The monoisotopic (exact) mass is 466 g/mol. The first kappa shape index (κ1) is 24.3. The molecule has 3 aromatic carbocycles. The van der Waals surface area contributed by atoms with Crippen LogP contribution in [0.1, 0.15) is 45.6 Å². The van der Waals surface area contributed by atoms with E-state index in [4.69, 9.17) is 4.74 Å². The molecule has 0 saturated carbocycles. The van der Waals surface area contributed by atoms with Crippen LogP contribution < -0.4 is 14.4 Å². The zero-order valence-electron chi connectivity index (χ0n) is 19.6. The van der Waals surface area contributed by atoms with E-state index in [0.717, 1.165) is 28.0 Å². The summed E-state index contributed by atoms with van der Waals surface area (Å²) in [4.78, 5) is 12.7. The molecular weight excluding hydrogens is 436 g/mol. The van der Waals surface area contributed by atoms with Crippen molar-refractivity contribution in [3.63, 3.8) is 0 Å². The van der Waals surface area contributed by atoms with Gasteiger partial charge in [-0.05, 0) is 73.4 Å². The first-order valence-corrected chi connectivity index (χ1v) is 12.5. The second kappa shape index (κ2) is 10.1. The molecule has 0 heterocycles. The van der Waals surface area contributed by atoms with E-state index in [1.165, 1.54) is 10.6 Å². The molecule has 1 unspecified atom stereocenters. The molecule has 0 fully saturated rings. The number of ether oxygens (including phenoxy) is 1. The van der Waals surface area contributed by atoms with Crippen LogP contribution >= 0.6 is 0 Å². The van der Waals surface area contributed by atoms with Crippen LogP contribution in [0.25, 0.3) is 0 Å². The molecule has 0 aliphatic carbocycles. The Kier molecular flexibility index (Phi) is 7.43. The number of hydrogen-bond acceptors (Lipinski definition) is 4. The van der Waals surface area contributed by atoms with Gasteiger partial charge in [-0.2, -0.15) is 0 Å². The average Bonchev–Trinajstić information content (AvgIpc) is 2.79. The lowest BCUT2D eigenvalue weighted by Crippen LogP contribution is -2.30. The molecule has 1 amide bonds. The number of carbonyl (C=O) groups excluding carboxylic acids is 1. The number of anilines is 1. The summed E-state index contributed by atoms with van der Waals surface area (Å²) in [7, 11) is -1.88. The summed E-state index contributed by atoms with van der Waals surface area (Å²) in [6, 6.07) is 20.1. The maximum absolute atomic E-state index is 12.7. The van der Waals surface area contributed by atoms with Gasteiger partial charge in [0, 0.05) is 5.56 Å². The van der Waals surface area contributed by atoms with Gasteiger partial charge < -0.3 is 10.1 Å². The fraction of sp³-hybridized carbons (Fsp3) is 0.269. The Balaban J connectivity index is 1.74. The van der Waals surface area contributed by atoms with E-state index < -0.39 is 10.0 Å². The van der Waals surface area contributed by atoms with Crippen LogP contribution in [0.4, 0.5) is 5.69 Å². The van der Waals surface area contributed by atoms with Crippen molar-refractivity contribution in [3.05, 3.63) is 94.5 Å². The molecule has 0 bridgehead atoms. The molecule has 0 aliphatic heterocycles. The third-order valence-electron chi connectivity index (χ3n) is 5.54. The first-order chi connectivity index (χ1) is 15.6.